The van der Waals surface area contributed by atoms with Gasteiger partial charge in [0.2, 0.25) is 0 Å². The lowest BCUT2D eigenvalue weighted by Gasteiger charge is -2.10. The first-order chi connectivity index (χ1) is 10.8. The molecule has 0 amide bonds. The van der Waals surface area contributed by atoms with Crippen LogP contribution in [0.1, 0.15) is 0 Å². The molecule has 0 saturated heterocycles. The van der Waals surface area contributed by atoms with Crippen molar-refractivity contribution in [1.82, 2.24) is 19.7 Å². The van der Waals surface area contributed by atoms with E-state index < -0.39 is 0 Å². The zero-order valence-electron chi connectivity index (χ0n) is 11.6. The van der Waals surface area contributed by atoms with E-state index in [0.29, 0.717) is 5.75 Å². The van der Waals surface area contributed by atoms with Crippen molar-refractivity contribution in [2.75, 3.05) is 12.4 Å². The van der Waals surface area contributed by atoms with E-state index in [-0.39, 0.29) is 6.61 Å². The molecule has 0 aliphatic rings. The number of aliphatic hydroxyl groups excluding tert-OH is 1. The maximum atomic E-state index is 9.05. The zero-order valence-corrected chi connectivity index (χ0v) is 14.0. The standard InChI is InChI=1S/C15H13BrN4OS/c16-12-3-5-13(6-4-12)20-14(11-2-1-7-17-10-11)18-19-15(20)22-9-8-21/h1-7,10,21H,8-9H2. The van der Waals surface area contributed by atoms with E-state index in [1.165, 1.54) is 11.8 Å². The number of aromatic nitrogens is 4. The molecule has 22 heavy (non-hydrogen) atoms. The quantitative estimate of drug-likeness (QED) is 0.692. The molecular weight excluding hydrogens is 364 g/mol. The summed E-state index contributed by atoms with van der Waals surface area (Å²) in [6, 6.07) is 11.8. The van der Waals surface area contributed by atoms with E-state index in [9.17, 15) is 0 Å². The minimum Gasteiger partial charge on any atom is -0.396 e. The maximum Gasteiger partial charge on any atom is 0.196 e. The zero-order chi connectivity index (χ0) is 15.4. The Kier molecular flexibility index (Phi) is 4.87. The molecule has 0 unspecified atom stereocenters. The van der Waals surface area contributed by atoms with Gasteiger partial charge in [0.05, 0.1) is 6.61 Å². The SMILES string of the molecule is OCCSc1nnc(-c2cccnc2)n1-c1ccc(Br)cc1. The number of nitrogens with zero attached hydrogens (tertiary/aromatic N) is 4. The van der Waals surface area contributed by atoms with E-state index >= 15 is 0 Å². The van der Waals surface area contributed by atoms with Crippen LogP contribution in [-0.2, 0) is 0 Å². The maximum absolute atomic E-state index is 9.05. The molecule has 0 aliphatic heterocycles. The Bertz CT molecular complexity index is 746. The first-order valence-electron chi connectivity index (χ1n) is 6.65. The minimum atomic E-state index is 0.0973. The van der Waals surface area contributed by atoms with Gasteiger partial charge in [-0.3, -0.25) is 9.55 Å². The van der Waals surface area contributed by atoms with Gasteiger partial charge in [-0.25, -0.2) is 0 Å². The van der Waals surface area contributed by atoms with Crippen molar-refractivity contribution < 1.29 is 5.11 Å². The van der Waals surface area contributed by atoms with Crippen LogP contribution in [0.2, 0.25) is 0 Å². The number of hydrogen-bond acceptors (Lipinski definition) is 5. The Morgan fingerprint density at radius 1 is 1.14 bits per heavy atom. The van der Waals surface area contributed by atoms with E-state index in [1.807, 2.05) is 41.0 Å². The number of pyridine rings is 1. The fraction of sp³-hybridized carbons (Fsp3) is 0.133. The number of rotatable bonds is 5. The number of aliphatic hydroxyl groups is 1. The summed E-state index contributed by atoms with van der Waals surface area (Å²) in [6.07, 6.45) is 3.49. The number of halogens is 1. The average Bonchev–Trinajstić information content (AvgIpc) is 2.98. The molecule has 0 radical (unpaired) electrons. The summed E-state index contributed by atoms with van der Waals surface area (Å²) in [4.78, 5) is 4.15. The second kappa shape index (κ2) is 7.04. The highest BCUT2D eigenvalue weighted by Gasteiger charge is 2.15. The van der Waals surface area contributed by atoms with Crippen molar-refractivity contribution in [3.8, 4) is 17.1 Å². The first-order valence-corrected chi connectivity index (χ1v) is 8.43. The van der Waals surface area contributed by atoms with Crippen LogP contribution in [0.5, 0.6) is 0 Å². The molecule has 0 spiro atoms. The van der Waals surface area contributed by atoms with E-state index in [4.69, 9.17) is 5.11 Å². The van der Waals surface area contributed by atoms with Gasteiger partial charge in [0.1, 0.15) is 0 Å². The lowest BCUT2D eigenvalue weighted by Crippen LogP contribution is -2.00. The van der Waals surface area contributed by atoms with Crippen molar-refractivity contribution in [3.63, 3.8) is 0 Å². The summed E-state index contributed by atoms with van der Waals surface area (Å²) < 4.78 is 2.99. The fourth-order valence-corrected chi connectivity index (χ4v) is 2.96. The highest BCUT2D eigenvalue weighted by atomic mass is 79.9. The summed E-state index contributed by atoms with van der Waals surface area (Å²) >= 11 is 4.91. The van der Waals surface area contributed by atoms with Crippen molar-refractivity contribution >= 4 is 27.7 Å². The normalized spacial score (nSPS) is 10.8. The molecule has 1 N–H and O–H groups in total. The van der Waals surface area contributed by atoms with Gasteiger partial charge < -0.3 is 5.11 Å². The largest absolute Gasteiger partial charge is 0.396 e. The summed E-state index contributed by atoms with van der Waals surface area (Å²) in [5, 5.41) is 18.4. The van der Waals surface area contributed by atoms with Gasteiger partial charge in [-0.05, 0) is 36.4 Å². The van der Waals surface area contributed by atoms with Crippen LogP contribution in [0.15, 0.2) is 58.4 Å². The smallest absolute Gasteiger partial charge is 0.196 e. The summed E-state index contributed by atoms with van der Waals surface area (Å²) in [6.45, 7) is 0.0973. The van der Waals surface area contributed by atoms with Crippen molar-refractivity contribution in [3.05, 3.63) is 53.3 Å². The third kappa shape index (κ3) is 3.21. The molecule has 0 aliphatic carbocycles. The van der Waals surface area contributed by atoms with Gasteiger partial charge in [-0.2, -0.15) is 0 Å². The molecule has 0 fully saturated rings. The number of hydrogen-bond donors (Lipinski definition) is 1. The molecule has 7 heteroatoms. The van der Waals surface area contributed by atoms with Crippen molar-refractivity contribution in [1.29, 1.82) is 0 Å². The van der Waals surface area contributed by atoms with Gasteiger partial charge in [0.25, 0.3) is 0 Å². The first kappa shape index (κ1) is 15.2. The van der Waals surface area contributed by atoms with Gasteiger partial charge >= 0.3 is 0 Å². The Morgan fingerprint density at radius 3 is 2.64 bits per heavy atom. The lowest BCUT2D eigenvalue weighted by atomic mass is 10.2. The van der Waals surface area contributed by atoms with Gasteiger partial charge in [-0.1, -0.05) is 27.7 Å². The van der Waals surface area contributed by atoms with Gasteiger partial charge in [-0.15, -0.1) is 10.2 Å². The monoisotopic (exact) mass is 376 g/mol. The molecule has 2 aromatic heterocycles. The van der Waals surface area contributed by atoms with Crippen LogP contribution in [0.3, 0.4) is 0 Å². The van der Waals surface area contributed by atoms with Crippen LogP contribution in [-0.4, -0.2) is 37.2 Å². The molecule has 0 saturated carbocycles. The fourth-order valence-electron chi connectivity index (χ4n) is 2.01. The minimum absolute atomic E-state index is 0.0973. The molecule has 3 aromatic rings. The predicted molar refractivity (Wildman–Crippen MR) is 90.1 cm³/mol. The Morgan fingerprint density at radius 2 is 1.95 bits per heavy atom. The van der Waals surface area contributed by atoms with Crippen LogP contribution in [0.25, 0.3) is 17.1 Å². The summed E-state index contributed by atoms with van der Waals surface area (Å²) in [5.74, 6) is 1.30. The summed E-state index contributed by atoms with van der Waals surface area (Å²) in [5.41, 5.74) is 1.86. The number of thioether (sulfide) groups is 1. The van der Waals surface area contributed by atoms with Crippen LogP contribution < -0.4 is 0 Å². The molecule has 3 rings (SSSR count). The van der Waals surface area contributed by atoms with Crippen LogP contribution in [0, 0.1) is 0 Å². The lowest BCUT2D eigenvalue weighted by molar-refractivity contribution is 0.322. The molecule has 1 aromatic carbocycles. The Labute approximate surface area is 140 Å². The highest BCUT2D eigenvalue weighted by Crippen LogP contribution is 2.28. The third-order valence-electron chi connectivity index (χ3n) is 2.96. The van der Waals surface area contributed by atoms with Crippen LogP contribution in [0.4, 0.5) is 0 Å². The van der Waals surface area contributed by atoms with Crippen molar-refractivity contribution in [2.24, 2.45) is 0 Å². The second-order valence-electron chi connectivity index (χ2n) is 4.43. The topological polar surface area (TPSA) is 63.8 Å². The van der Waals surface area contributed by atoms with Crippen LogP contribution >= 0.6 is 27.7 Å². The van der Waals surface area contributed by atoms with Crippen molar-refractivity contribution in [2.45, 2.75) is 5.16 Å². The number of benzene rings is 1. The molecule has 0 bridgehead atoms. The molecule has 112 valence electrons. The average molecular weight is 377 g/mol. The predicted octanol–water partition coefficient (Wildman–Crippen LogP) is 3.18. The Hall–Kier alpha value is -1.70. The van der Waals surface area contributed by atoms with E-state index in [2.05, 4.69) is 31.1 Å². The van der Waals surface area contributed by atoms with Gasteiger partial charge in [0.15, 0.2) is 11.0 Å². The third-order valence-corrected chi connectivity index (χ3v) is 4.40. The molecule has 0 atom stereocenters. The van der Waals surface area contributed by atoms with Gasteiger partial charge in [0, 0.05) is 33.9 Å². The Balaban J connectivity index is 2.11. The molecule has 2 heterocycles. The summed E-state index contributed by atoms with van der Waals surface area (Å²) in [7, 11) is 0. The highest BCUT2D eigenvalue weighted by molar-refractivity contribution is 9.10. The van der Waals surface area contributed by atoms with E-state index in [0.717, 1.165) is 26.7 Å². The molecular formula is C15H13BrN4OS. The molecule has 5 nitrogen and oxygen atoms in total. The second-order valence-corrected chi connectivity index (χ2v) is 6.41. The van der Waals surface area contributed by atoms with E-state index in [1.54, 1.807) is 12.4 Å².